The molecule has 0 bridgehead atoms. The van der Waals surface area contributed by atoms with E-state index in [1.807, 2.05) is 66.1 Å². The molecule has 1 aliphatic heterocycles. The molecule has 0 spiro atoms. The van der Waals surface area contributed by atoms with E-state index >= 15 is 0 Å². The number of rotatable bonds is 6. The Balaban J connectivity index is 1.42. The average molecular weight is 432 g/mol. The van der Waals surface area contributed by atoms with Crippen molar-refractivity contribution in [2.75, 3.05) is 36.0 Å². The summed E-state index contributed by atoms with van der Waals surface area (Å²) < 4.78 is 7.89. The molecule has 9 heteroatoms. The molecule has 0 aliphatic carbocycles. The van der Waals surface area contributed by atoms with Crippen LogP contribution in [0.2, 0.25) is 0 Å². The third-order valence-corrected chi connectivity index (χ3v) is 5.81. The van der Waals surface area contributed by atoms with Gasteiger partial charge in [0.15, 0.2) is 5.58 Å². The van der Waals surface area contributed by atoms with Gasteiger partial charge in [-0.3, -0.25) is 4.57 Å². The summed E-state index contributed by atoms with van der Waals surface area (Å²) >= 11 is 0. The lowest BCUT2D eigenvalue weighted by molar-refractivity contribution is -0.388. The fraction of sp³-hybridized carbons (Fsp3) is 0.304. The summed E-state index contributed by atoms with van der Waals surface area (Å²) in [4.78, 5) is 24.6. The highest BCUT2D eigenvalue weighted by atomic mass is 16.6. The number of fused-ring (bicyclic) bond motifs is 1. The van der Waals surface area contributed by atoms with E-state index in [9.17, 15) is 10.1 Å². The second kappa shape index (κ2) is 8.33. The second-order valence-electron chi connectivity index (χ2n) is 7.80. The SMILES string of the molecule is CCc1nc([N+](=O)[O-])c(N2CCN(c3nc4ccccc4o3)CC2)n1Cc1ccccc1. The number of aryl methyl sites for hydroxylation is 1. The van der Waals surface area contributed by atoms with Gasteiger partial charge in [-0.2, -0.15) is 4.98 Å². The van der Waals surface area contributed by atoms with E-state index < -0.39 is 0 Å². The van der Waals surface area contributed by atoms with Crippen LogP contribution >= 0.6 is 0 Å². The van der Waals surface area contributed by atoms with Crippen LogP contribution < -0.4 is 9.80 Å². The Hall–Kier alpha value is -3.88. The number of piperazine rings is 1. The molecule has 0 saturated carbocycles. The van der Waals surface area contributed by atoms with Gasteiger partial charge in [-0.1, -0.05) is 49.4 Å². The summed E-state index contributed by atoms with van der Waals surface area (Å²) in [6.07, 6.45) is 0.622. The first-order valence-electron chi connectivity index (χ1n) is 10.8. The van der Waals surface area contributed by atoms with Crippen LogP contribution in [0.25, 0.3) is 11.1 Å². The highest BCUT2D eigenvalue weighted by Crippen LogP contribution is 2.32. The van der Waals surface area contributed by atoms with Crippen molar-refractivity contribution in [2.45, 2.75) is 19.9 Å². The number of para-hydroxylation sites is 2. The van der Waals surface area contributed by atoms with Crippen molar-refractivity contribution in [3.05, 3.63) is 76.1 Å². The number of oxazole rings is 1. The van der Waals surface area contributed by atoms with Crippen LogP contribution in [0.3, 0.4) is 0 Å². The molecule has 0 unspecified atom stereocenters. The van der Waals surface area contributed by atoms with Gasteiger partial charge in [0.05, 0.1) is 6.54 Å². The topological polar surface area (TPSA) is 93.5 Å². The maximum Gasteiger partial charge on any atom is 0.406 e. The first-order chi connectivity index (χ1) is 15.6. The Labute approximate surface area is 185 Å². The lowest BCUT2D eigenvalue weighted by Crippen LogP contribution is -2.47. The van der Waals surface area contributed by atoms with E-state index in [4.69, 9.17) is 4.42 Å². The molecule has 0 radical (unpaired) electrons. The summed E-state index contributed by atoms with van der Waals surface area (Å²) in [5.74, 6) is 1.22. The summed E-state index contributed by atoms with van der Waals surface area (Å²) in [5.41, 5.74) is 2.67. The van der Waals surface area contributed by atoms with Gasteiger partial charge in [-0.15, -0.1) is 0 Å². The van der Waals surface area contributed by atoms with Gasteiger partial charge in [0, 0.05) is 32.6 Å². The van der Waals surface area contributed by atoms with E-state index in [1.165, 1.54) is 0 Å². The summed E-state index contributed by atoms with van der Waals surface area (Å²) in [6, 6.07) is 18.3. The summed E-state index contributed by atoms with van der Waals surface area (Å²) in [7, 11) is 0. The van der Waals surface area contributed by atoms with Gasteiger partial charge in [-0.05, 0) is 27.6 Å². The van der Waals surface area contributed by atoms with Crippen LogP contribution in [0.5, 0.6) is 0 Å². The van der Waals surface area contributed by atoms with Crippen molar-refractivity contribution >= 4 is 28.8 Å². The zero-order valence-corrected chi connectivity index (χ0v) is 17.8. The molecule has 5 rings (SSSR count). The van der Waals surface area contributed by atoms with Gasteiger partial charge in [0.1, 0.15) is 5.52 Å². The van der Waals surface area contributed by atoms with E-state index in [0.717, 1.165) is 22.5 Å². The minimum Gasteiger partial charge on any atom is -0.423 e. The lowest BCUT2D eigenvalue weighted by Gasteiger charge is -2.34. The number of imidazole rings is 1. The predicted molar refractivity (Wildman–Crippen MR) is 122 cm³/mol. The second-order valence-corrected chi connectivity index (χ2v) is 7.80. The molecule has 2 aromatic heterocycles. The predicted octanol–water partition coefficient (Wildman–Crippen LogP) is 3.87. The van der Waals surface area contributed by atoms with Gasteiger partial charge in [0.2, 0.25) is 11.6 Å². The summed E-state index contributed by atoms with van der Waals surface area (Å²) in [6.45, 7) is 5.06. The van der Waals surface area contributed by atoms with Crippen LogP contribution in [-0.4, -0.2) is 45.6 Å². The maximum atomic E-state index is 11.9. The molecule has 2 aromatic carbocycles. The number of hydrogen-bond donors (Lipinski definition) is 0. The van der Waals surface area contributed by atoms with Crippen molar-refractivity contribution in [1.82, 2.24) is 14.5 Å². The fourth-order valence-electron chi connectivity index (χ4n) is 4.22. The molecule has 0 N–H and O–H groups in total. The molecule has 164 valence electrons. The van der Waals surface area contributed by atoms with Gasteiger partial charge < -0.3 is 24.3 Å². The Morgan fingerprint density at radius 3 is 2.34 bits per heavy atom. The molecule has 1 aliphatic rings. The first-order valence-corrected chi connectivity index (χ1v) is 10.8. The number of nitro groups is 1. The number of hydrogen-bond acceptors (Lipinski definition) is 7. The molecular formula is C23H24N6O3. The minimum absolute atomic E-state index is 0.0758. The van der Waals surface area contributed by atoms with Crippen molar-refractivity contribution in [1.29, 1.82) is 0 Å². The third kappa shape index (κ3) is 3.66. The molecule has 9 nitrogen and oxygen atoms in total. The van der Waals surface area contributed by atoms with Crippen LogP contribution in [-0.2, 0) is 13.0 Å². The van der Waals surface area contributed by atoms with Crippen LogP contribution in [0.1, 0.15) is 18.3 Å². The van der Waals surface area contributed by atoms with Crippen molar-refractivity contribution in [3.63, 3.8) is 0 Å². The highest BCUT2D eigenvalue weighted by molar-refractivity contribution is 5.74. The molecule has 4 aromatic rings. The van der Waals surface area contributed by atoms with Crippen LogP contribution in [0.15, 0.2) is 59.0 Å². The summed E-state index contributed by atoms with van der Waals surface area (Å²) in [5, 5.41) is 11.9. The van der Waals surface area contributed by atoms with Gasteiger partial charge >= 0.3 is 5.82 Å². The fourth-order valence-corrected chi connectivity index (χ4v) is 4.22. The normalized spacial score (nSPS) is 14.3. The zero-order valence-electron chi connectivity index (χ0n) is 17.8. The average Bonchev–Trinajstić information content (AvgIpc) is 3.41. The monoisotopic (exact) mass is 432 g/mol. The third-order valence-electron chi connectivity index (χ3n) is 5.81. The van der Waals surface area contributed by atoms with E-state index in [-0.39, 0.29) is 10.7 Å². The van der Waals surface area contributed by atoms with Crippen molar-refractivity contribution in [2.24, 2.45) is 0 Å². The largest absolute Gasteiger partial charge is 0.423 e. The van der Waals surface area contributed by atoms with Crippen molar-refractivity contribution in [3.8, 4) is 0 Å². The maximum absolute atomic E-state index is 11.9. The number of benzene rings is 2. The quantitative estimate of drug-likeness (QED) is 0.337. The number of anilines is 2. The molecule has 3 heterocycles. The molecular weight excluding hydrogens is 408 g/mol. The highest BCUT2D eigenvalue weighted by Gasteiger charge is 2.33. The van der Waals surface area contributed by atoms with Gasteiger partial charge in [0.25, 0.3) is 6.01 Å². The Morgan fingerprint density at radius 1 is 0.969 bits per heavy atom. The van der Waals surface area contributed by atoms with Crippen LogP contribution in [0.4, 0.5) is 17.7 Å². The zero-order chi connectivity index (χ0) is 22.1. The Kier molecular flexibility index (Phi) is 5.22. The molecule has 1 saturated heterocycles. The van der Waals surface area contributed by atoms with E-state index in [1.54, 1.807) is 0 Å². The van der Waals surface area contributed by atoms with E-state index in [2.05, 4.69) is 19.8 Å². The van der Waals surface area contributed by atoms with Crippen LogP contribution in [0, 0.1) is 10.1 Å². The molecule has 32 heavy (non-hydrogen) atoms. The molecule has 0 amide bonds. The number of aromatic nitrogens is 3. The Morgan fingerprint density at radius 2 is 1.66 bits per heavy atom. The Bertz CT molecular complexity index is 1210. The molecule has 1 fully saturated rings. The van der Waals surface area contributed by atoms with Gasteiger partial charge in [-0.25, -0.2) is 0 Å². The first kappa shape index (κ1) is 20.0. The van der Waals surface area contributed by atoms with E-state index in [0.29, 0.717) is 51.0 Å². The lowest BCUT2D eigenvalue weighted by atomic mass is 10.2. The van der Waals surface area contributed by atoms with Crippen molar-refractivity contribution < 1.29 is 9.34 Å². The molecule has 0 atom stereocenters. The smallest absolute Gasteiger partial charge is 0.406 e. The minimum atomic E-state index is -0.372. The number of nitrogens with zero attached hydrogens (tertiary/aromatic N) is 6. The standard InChI is InChI=1S/C23H24N6O3/c1-2-20-25-21(29(30)31)22(28(20)16-17-8-4-3-5-9-17)26-12-14-27(15-13-26)23-24-18-10-6-7-11-19(18)32-23/h3-11H,2,12-16H2,1H3.